The number of anilines is 1. The van der Waals surface area contributed by atoms with Crippen molar-refractivity contribution in [3.8, 4) is 22.6 Å². The summed E-state index contributed by atoms with van der Waals surface area (Å²) in [6, 6.07) is 17.2. The molecule has 35 heavy (non-hydrogen) atoms. The Morgan fingerprint density at radius 2 is 1.77 bits per heavy atom. The first-order valence-electron chi connectivity index (χ1n) is 11.6. The molecule has 6 heteroatoms. The van der Waals surface area contributed by atoms with Gasteiger partial charge in [0, 0.05) is 39.4 Å². The second kappa shape index (κ2) is 10.7. The van der Waals surface area contributed by atoms with Crippen LogP contribution in [0.15, 0.2) is 71.4 Å². The lowest BCUT2D eigenvalue weighted by molar-refractivity contribution is -0.111. The van der Waals surface area contributed by atoms with E-state index < -0.39 is 0 Å². The summed E-state index contributed by atoms with van der Waals surface area (Å²) in [4.78, 5) is 12.7. The number of halogens is 1. The second-order valence-electron chi connectivity index (χ2n) is 8.16. The topological polar surface area (TPSA) is 60.7 Å². The zero-order valence-corrected chi connectivity index (χ0v) is 21.0. The van der Waals surface area contributed by atoms with Crippen molar-refractivity contribution in [2.75, 3.05) is 18.5 Å². The number of rotatable bonds is 8. The van der Waals surface area contributed by atoms with Gasteiger partial charge in [-0.25, -0.2) is 0 Å². The van der Waals surface area contributed by atoms with Crippen molar-refractivity contribution < 1.29 is 18.7 Å². The number of nitrogens with one attached hydrogen (secondary N) is 1. The number of allylic oxidation sites excluding steroid dienone is 1. The molecule has 4 aromatic rings. The minimum Gasteiger partial charge on any atom is -0.494 e. The zero-order chi connectivity index (χ0) is 24.9. The van der Waals surface area contributed by atoms with Crippen molar-refractivity contribution in [1.82, 2.24) is 0 Å². The third-order valence-corrected chi connectivity index (χ3v) is 6.07. The van der Waals surface area contributed by atoms with E-state index in [0.717, 1.165) is 39.0 Å². The Kier molecular flexibility index (Phi) is 7.47. The normalized spacial score (nSPS) is 11.5. The first-order valence-corrected chi connectivity index (χ1v) is 11.9. The Morgan fingerprint density at radius 3 is 2.46 bits per heavy atom. The molecule has 180 valence electrons. The molecule has 0 aliphatic heterocycles. The fraction of sp³-hybridized carbons (Fsp3) is 0.207. The average Bonchev–Trinajstić information content (AvgIpc) is 3.24. The molecule has 1 heterocycles. The van der Waals surface area contributed by atoms with Gasteiger partial charge in [-0.3, -0.25) is 4.79 Å². The number of ether oxygens (including phenoxy) is 2. The Hall–Kier alpha value is -3.70. The van der Waals surface area contributed by atoms with Gasteiger partial charge < -0.3 is 19.2 Å². The molecule has 0 radical (unpaired) electrons. The van der Waals surface area contributed by atoms with Gasteiger partial charge in [0.1, 0.15) is 17.1 Å². The van der Waals surface area contributed by atoms with E-state index in [0.29, 0.717) is 35.3 Å². The van der Waals surface area contributed by atoms with Crippen LogP contribution in [0.2, 0.25) is 5.02 Å². The highest BCUT2D eigenvalue weighted by Crippen LogP contribution is 2.38. The first-order chi connectivity index (χ1) is 16.9. The Labute approximate surface area is 210 Å². The van der Waals surface area contributed by atoms with E-state index in [4.69, 9.17) is 25.5 Å². The third-order valence-electron chi connectivity index (χ3n) is 5.66. The fourth-order valence-corrected chi connectivity index (χ4v) is 4.06. The van der Waals surface area contributed by atoms with Crippen molar-refractivity contribution in [2.24, 2.45) is 0 Å². The smallest absolute Gasteiger partial charge is 0.248 e. The highest BCUT2D eigenvalue weighted by molar-refractivity contribution is 6.31. The number of hydrogen-bond acceptors (Lipinski definition) is 4. The van der Waals surface area contributed by atoms with E-state index in [1.54, 1.807) is 18.4 Å². The van der Waals surface area contributed by atoms with Crippen LogP contribution in [-0.2, 0) is 4.79 Å². The number of aryl methyl sites for hydroxylation is 1. The van der Waals surface area contributed by atoms with Gasteiger partial charge in [0.2, 0.25) is 5.91 Å². The molecule has 0 saturated carbocycles. The van der Waals surface area contributed by atoms with Crippen molar-refractivity contribution >= 4 is 39.7 Å². The monoisotopic (exact) mass is 489 g/mol. The number of carbonyl (C=O) groups is 1. The largest absolute Gasteiger partial charge is 0.494 e. The molecule has 1 amide bonds. The van der Waals surface area contributed by atoms with Crippen LogP contribution in [0.1, 0.15) is 31.9 Å². The summed E-state index contributed by atoms with van der Waals surface area (Å²) in [7, 11) is 0. The maximum Gasteiger partial charge on any atom is 0.248 e. The third kappa shape index (κ3) is 5.52. The van der Waals surface area contributed by atoms with Crippen molar-refractivity contribution in [3.63, 3.8) is 0 Å². The first kappa shape index (κ1) is 24.4. The van der Waals surface area contributed by atoms with E-state index in [1.165, 1.54) is 0 Å². The van der Waals surface area contributed by atoms with E-state index in [9.17, 15) is 4.79 Å². The predicted octanol–water partition coefficient (Wildman–Crippen LogP) is 7.90. The number of carbonyl (C=O) groups excluding carboxylic acids is 1. The molecular formula is C29H28ClNO4. The lowest BCUT2D eigenvalue weighted by Crippen LogP contribution is -2.09. The van der Waals surface area contributed by atoms with E-state index in [-0.39, 0.29) is 5.91 Å². The van der Waals surface area contributed by atoms with Crippen LogP contribution in [0, 0.1) is 6.92 Å². The predicted molar refractivity (Wildman–Crippen MR) is 142 cm³/mol. The minimum absolute atomic E-state index is 0.246. The van der Waals surface area contributed by atoms with Crippen LogP contribution in [0.25, 0.3) is 27.7 Å². The SMILES string of the molecule is CCOc1ccc(-c2coc3cc(OCC)c(/C(C)=C/C(=O)Nc4ccc(C)c(Cl)c4)cc23)cc1. The molecule has 0 saturated heterocycles. The van der Waals surface area contributed by atoms with Gasteiger partial charge in [0.05, 0.1) is 19.5 Å². The molecular weight excluding hydrogens is 462 g/mol. The molecule has 0 atom stereocenters. The van der Waals surface area contributed by atoms with Gasteiger partial charge >= 0.3 is 0 Å². The molecule has 1 aromatic heterocycles. The molecule has 4 rings (SSSR count). The molecule has 0 unspecified atom stereocenters. The van der Waals surface area contributed by atoms with Gasteiger partial charge in [-0.1, -0.05) is 29.8 Å². The Morgan fingerprint density at radius 1 is 1.03 bits per heavy atom. The van der Waals surface area contributed by atoms with E-state index >= 15 is 0 Å². The van der Waals surface area contributed by atoms with Crippen molar-refractivity contribution in [3.05, 3.63) is 83.1 Å². The standard InChI is InChI=1S/C29H28ClNO4/c1-5-33-22-11-8-20(9-12-22)25-17-35-28-16-27(34-6-2)23(15-24(25)28)19(4)13-29(32)31-21-10-7-18(3)26(30)14-21/h7-17H,5-6H2,1-4H3,(H,31,32)/b19-13+. The van der Waals surface area contributed by atoms with Crippen LogP contribution in [0.4, 0.5) is 5.69 Å². The summed E-state index contributed by atoms with van der Waals surface area (Å²) in [5, 5.41) is 4.42. The number of fused-ring (bicyclic) bond motifs is 1. The van der Waals surface area contributed by atoms with Gasteiger partial charge in [0.15, 0.2) is 0 Å². The molecule has 0 spiro atoms. The van der Waals surface area contributed by atoms with Crippen LogP contribution < -0.4 is 14.8 Å². The van der Waals surface area contributed by atoms with E-state index in [1.807, 2.05) is 76.2 Å². The molecule has 5 nitrogen and oxygen atoms in total. The Bertz CT molecular complexity index is 1390. The minimum atomic E-state index is -0.246. The highest BCUT2D eigenvalue weighted by atomic mass is 35.5. The number of furan rings is 1. The highest BCUT2D eigenvalue weighted by Gasteiger charge is 2.15. The van der Waals surface area contributed by atoms with Gasteiger partial charge in [-0.2, -0.15) is 0 Å². The molecule has 3 aromatic carbocycles. The summed E-state index contributed by atoms with van der Waals surface area (Å²) < 4.78 is 17.3. The Balaban J connectivity index is 1.69. The van der Waals surface area contributed by atoms with Crippen molar-refractivity contribution in [1.29, 1.82) is 0 Å². The quantitative estimate of drug-likeness (QED) is 0.255. The molecule has 0 bridgehead atoms. The average molecular weight is 490 g/mol. The number of benzene rings is 3. The molecule has 0 aliphatic carbocycles. The van der Waals surface area contributed by atoms with Gasteiger partial charge in [0.25, 0.3) is 0 Å². The number of amides is 1. The lowest BCUT2D eigenvalue weighted by Gasteiger charge is -2.12. The van der Waals surface area contributed by atoms with Gasteiger partial charge in [-0.15, -0.1) is 0 Å². The summed E-state index contributed by atoms with van der Waals surface area (Å²) in [6.45, 7) is 8.80. The summed E-state index contributed by atoms with van der Waals surface area (Å²) >= 11 is 6.19. The fourth-order valence-electron chi connectivity index (χ4n) is 3.88. The second-order valence-corrected chi connectivity index (χ2v) is 8.57. The molecule has 0 fully saturated rings. The zero-order valence-electron chi connectivity index (χ0n) is 20.3. The maximum atomic E-state index is 12.7. The van der Waals surface area contributed by atoms with Crippen LogP contribution >= 0.6 is 11.6 Å². The van der Waals surface area contributed by atoms with Crippen LogP contribution in [0.3, 0.4) is 0 Å². The van der Waals surface area contributed by atoms with E-state index in [2.05, 4.69) is 5.32 Å². The molecule has 0 aliphatic rings. The number of hydrogen-bond donors (Lipinski definition) is 1. The van der Waals surface area contributed by atoms with Crippen LogP contribution in [0.5, 0.6) is 11.5 Å². The maximum absolute atomic E-state index is 12.7. The van der Waals surface area contributed by atoms with Gasteiger partial charge in [-0.05, 0) is 74.7 Å². The lowest BCUT2D eigenvalue weighted by atomic mass is 9.99. The van der Waals surface area contributed by atoms with Crippen LogP contribution in [-0.4, -0.2) is 19.1 Å². The summed E-state index contributed by atoms with van der Waals surface area (Å²) in [5.41, 5.74) is 5.87. The van der Waals surface area contributed by atoms with Crippen molar-refractivity contribution in [2.45, 2.75) is 27.7 Å². The summed E-state index contributed by atoms with van der Waals surface area (Å²) in [5.74, 6) is 1.24. The molecule has 1 N–H and O–H groups in total. The summed E-state index contributed by atoms with van der Waals surface area (Å²) in [6.07, 6.45) is 3.31.